The van der Waals surface area contributed by atoms with E-state index in [1.807, 2.05) is 0 Å². The smallest absolute Gasteiger partial charge is 0.257 e. The molecule has 1 fully saturated rings. The molecule has 0 saturated carbocycles. The molecule has 2 N–H and O–H groups in total. The van der Waals surface area contributed by atoms with Crippen LogP contribution in [0.15, 0.2) is 18.2 Å². The number of hydrogen-bond donors (Lipinski definition) is 2. The maximum Gasteiger partial charge on any atom is 0.257 e. The zero-order valence-electron chi connectivity index (χ0n) is 12.0. The molecule has 1 saturated heterocycles. The van der Waals surface area contributed by atoms with E-state index in [1.54, 1.807) is 11.9 Å². The van der Waals surface area contributed by atoms with Gasteiger partial charge in [-0.1, -0.05) is 6.92 Å². The molecule has 2 rings (SSSR count). The SMILES string of the molecule is CCN1CCCC1CN(C)C(=O)c1cc(O)ccc1O. The Balaban J connectivity index is 2.07. The van der Waals surface area contributed by atoms with Crippen molar-refractivity contribution in [3.8, 4) is 11.5 Å². The lowest BCUT2D eigenvalue weighted by Gasteiger charge is -2.28. The number of likely N-dealkylation sites (N-methyl/N-ethyl adjacent to an activating group) is 2. The van der Waals surface area contributed by atoms with Crippen LogP contribution in [-0.2, 0) is 0 Å². The van der Waals surface area contributed by atoms with E-state index in [9.17, 15) is 15.0 Å². The van der Waals surface area contributed by atoms with Gasteiger partial charge in [0.1, 0.15) is 11.5 Å². The third-order valence-electron chi connectivity index (χ3n) is 3.95. The van der Waals surface area contributed by atoms with Gasteiger partial charge in [-0.25, -0.2) is 0 Å². The molecule has 1 aromatic carbocycles. The monoisotopic (exact) mass is 278 g/mol. The highest BCUT2D eigenvalue weighted by Gasteiger charge is 2.26. The molecular formula is C15H22N2O3. The Morgan fingerprint density at radius 2 is 2.20 bits per heavy atom. The van der Waals surface area contributed by atoms with Crippen LogP contribution >= 0.6 is 0 Å². The molecule has 0 aliphatic carbocycles. The lowest BCUT2D eigenvalue weighted by molar-refractivity contribution is 0.0751. The van der Waals surface area contributed by atoms with Crippen LogP contribution < -0.4 is 0 Å². The summed E-state index contributed by atoms with van der Waals surface area (Å²) in [4.78, 5) is 16.3. The molecule has 20 heavy (non-hydrogen) atoms. The number of amides is 1. The summed E-state index contributed by atoms with van der Waals surface area (Å²) < 4.78 is 0. The fraction of sp³-hybridized carbons (Fsp3) is 0.533. The summed E-state index contributed by atoms with van der Waals surface area (Å²) in [6.07, 6.45) is 2.26. The summed E-state index contributed by atoms with van der Waals surface area (Å²) in [5.41, 5.74) is 0.147. The Bertz CT molecular complexity index is 490. The van der Waals surface area contributed by atoms with Gasteiger partial charge in [-0.05, 0) is 44.1 Å². The van der Waals surface area contributed by atoms with E-state index in [0.29, 0.717) is 12.6 Å². The Morgan fingerprint density at radius 3 is 2.90 bits per heavy atom. The Hall–Kier alpha value is -1.75. The normalized spacial score (nSPS) is 19.2. The van der Waals surface area contributed by atoms with Gasteiger partial charge in [0.15, 0.2) is 0 Å². The summed E-state index contributed by atoms with van der Waals surface area (Å²) in [7, 11) is 1.73. The summed E-state index contributed by atoms with van der Waals surface area (Å²) in [5.74, 6) is -0.379. The van der Waals surface area contributed by atoms with Crippen LogP contribution in [-0.4, -0.2) is 58.6 Å². The quantitative estimate of drug-likeness (QED) is 0.822. The molecule has 0 bridgehead atoms. The van der Waals surface area contributed by atoms with Crippen molar-refractivity contribution in [2.45, 2.75) is 25.8 Å². The molecule has 1 amide bonds. The number of phenolic OH excluding ortho intramolecular Hbond substituents is 2. The molecule has 0 spiro atoms. The minimum absolute atomic E-state index is 0.0180. The number of benzene rings is 1. The number of phenols is 2. The van der Waals surface area contributed by atoms with Crippen LogP contribution in [0.25, 0.3) is 0 Å². The molecule has 1 aromatic rings. The molecule has 5 heteroatoms. The maximum atomic E-state index is 12.3. The van der Waals surface area contributed by atoms with Gasteiger partial charge in [0.2, 0.25) is 0 Å². The molecule has 0 aromatic heterocycles. The van der Waals surface area contributed by atoms with E-state index in [2.05, 4.69) is 11.8 Å². The lowest BCUT2D eigenvalue weighted by Crippen LogP contribution is -2.41. The second-order valence-corrected chi connectivity index (χ2v) is 5.31. The average Bonchev–Trinajstić information content (AvgIpc) is 2.87. The van der Waals surface area contributed by atoms with Gasteiger partial charge < -0.3 is 15.1 Å². The first kappa shape index (κ1) is 14.7. The standard InChI is InChI=1S/C15H22N2O3/c1-3-17-8-4-5-11(17)10-16(2)15(20)13-9-12(18)6-7-14(13)19/h6-7,9,11,18-19H,3-5,8,10H2,1-2H3. The number of hydrogen-bond acceptors (Lipinski definition) is 4. The van der Waals surface area contributed by atoms with Crippen molar-refractivity contribution in [1.82, 2.24) is 9.80 Å². The van der Waals surface area contributed by atoms with E-state index < -0.39 is 0 Å². The second-order valence-electron chi connectivity index (χ2n) is 5.31. The molecule has 1 unspecified atom stereocenters. The highest BCUT2D eigenvalue weighted by molar-refractivity contribution is 5.97. The topological polar surface area (TPSA) is 64.0 Å². The third-order valence-corrected chi connectivity index (χ3v) is 3.95. The van der Waals surface area contributed by atoms with Gasteiger partial charge in [-0.2, -0.15) is 0 Å². The molecule has 1 atom stereocenters. The number of rotatable bonds is 4. The van der Waals surface area contributed by atoms with Crippen molar-refractivity contribution >= 4 is 5.91 Å². The first-order valence-electron chi connectivity index (χ1n) is 7.04. The van der Waals surface area contributed by atoms with Gasteiger partial charge in [0.05, 0.1) is 5.56 Å². The predicted octanol–water partition coefficient (Wildman–Crippen LogP) is 1.65. The van der Waals surface area contributed by atoms with E-state index in [1.165, 1.54) is 18.2 Å². The third kappa shape index (κ3) is 3.04. The van der Waals surface area contributed by atoms with Crippen LogP contribution in [0, 0.1) is 0 Å². The Kier molecular flexibility index (Phi) is 4.49. The highest BCUT2D eigenvalue weighted by atomic mass is 16.3. The van der Waals surface area contributed by atoms with Crippen LogP contribution in [0.5, 0.6) is 11.5 Å². The first-order valence-corrected chi connectivity index (χ1v) is 7.04. The van der Waals surface area contributed by atoms with Gasteiger partial charge in [-0.3, -0.25) is 9.69 Å². The number of carbonyl (C=O) groups is 1. The van der Waals surface area contributed by atoms with Gasteiger partial charge in [0.25, 0.3) is 5.91 Å². The van der Waals surface area contributed by atoms with E-state index in [-0.39, 0.29) is 23.0 Å². The summed E-state index contributed by atoms with van der Waals surface area (Å²) in [5, 5.41) is 19.2. The van der Waals surface area contributed by atoms with Crippen molar-refractivity contribution in [3.05, 3.63) is 23.8 Å². The van der Waals surface area contributed by atoms with Crippen LogP contribution in [0.2, 0.25) is 0 Å². The predicted molar refractivity (Wildman–Crippen MR) is 77.0 cm³/mol. The van der Waals surface area contributed by atoms with Crippen LogP contribution in [0.3, 0.4) is 0 Å². The fourth-order valence-electron chi connectivity index (χ4n) is 2.82. The lowest BCUT2D eigenvalue weighted by atomic mass is 10.1. The Morgan fingerprint density at radius 1 is 1.45 bits per heavy atom. The van der Waals surface area contributed by atoms with Gasteiger partial charge in [-0.15, -0.1) is 0 Å². The molecule has 1 heterocycles. The summed E-state index contributed by atoms with van der Waals surface area (Å²) >= 11 is 0. The zero-order chi connectivity index (χ0) is 14.7. The maximum absolute atomic E-state index is 12.3. The largest absolute Gasteiger partial charge is 0.508 e. The minimum Gasteiger partial charge on any atom is -0.508 e. The van der Waals surface area contributed by atoms with E-state index >= 15 is 0 Å². The first-order chi connectivity index (χ1) is 9.52. The number of nitrogens with zero attached hydrogens (tertiary/aromatic N) is 2. The number of aromatic hydroxyl groups is 2. The molecule has 0 radical (unpaired) electrons. The fourth-order valence-corrected chi connectivity index (χ4v) is 2.82. The Labute approximate surface area is 119 Å². The summed E-state index contributed by atoms with van der Waals surface area (Å²) in [6, 6.07) is 4.39. The average molecular weight is 278 g/mol. The van der Waals surface area contributed by atoms with E-state index in [0.717, 1.165) is 25.9 Å². The van der Waals surface area contributed by atoms with Gasteiger partial charge in [0, 0.05) is 19.6 Å². The highest BCUT2D eigenvalue weighted by Crippen LogP contribution is 2.24. The molecule has 110 valence electrons. The molecule has 1 aliphatic heterocycles. The van der Waals surface area contributed by atoms with Crippen LogP contribution in [0.4, 0.5) is 0 Å². The summed E-state index contributed by atoms with van der Waals surface area (Å²) in [6.45, 7) is 4.84. The number of likely N-dealkylation sites (tertiary alicyclic amines) is 1. The van der Waals surface area contributed by atoms with Crippen molar-refractivity contribution in [1.29, 1.82) is 0 Å². The van der Waals surface area contributed by atoms with Crippen molar-refractivity contribution < 1.29 is 15.0 Å². The second kappa shape index (κ2) is 6.13. The minimum atomic E-state index is -0.263. The zero-order valence-corrected chi connectivity index (χ0v) is 12.0. The van der Waals surface area contributed by atoms with Crippen LogP contribution in [0.1, 0.15) is 30.1 Å². The van der Waals surface area contributed by atoms with E-state index in [4.69, 9.17) is 0 Å². The van der Waals surface area contributed by atoms with Crippen molar-refractivity contribution in [3.63, 3.8) is 0 Å². The molecular weight excluding hydrogens is 256 g/mol. The number of carbonyl (C=O) groups excluding carboxylic acids is 1. The molecule has 5 nitrogen and oxygen atoms in total. The molecule has 1 aliphatic rings. The van der Waals surface area contributed by atoms with Crippen molar-refractivity contribution in [2.24, 2.45) is 0 Å². The van der Waals surface area contributed by atoms with Gasteiger partial charge >= 0.3 is 0 Å². The van der Waals surface area contributed by atoms with Crippen molar-refractivity contribution in [2.75, 3.05) is 26.7 Å².